The Labute approximate surface area is 157 Å². The molecule has 1 heterocycles. The van der Waals surface area contributed by atoms with Gasteiger partial charge in [-0.1, -0.05) is 17.7 Å². The average Bonchev–Trinajstić information content (AvgIpc) is 3.05. The van der Waals surface area contributed by atoms with E-state index in [0.29, 0.717) is 0 Å². The van der Waals surface area contributed by atoms with Crippen molar-refractivity contribution < 1.29 is 27.9 Å². The molecule has 1 unspecified atom stereocenters. The molecule has 1 atom stereocenters. The number of carbonyl (C=O) groups is 2. The molecule has 0 saturated carbocycles. The van der Waals surface area contributed by atoms with Gasteiger partial charge in [-0.15, -0.1) is 0 Å². The van der Waals surface area contributed by atoms with Crippen molar-refractivity contribution in [3.63, 3.8) is 0 Å². The van der Waals surface area contributed by atoms with Gasteiger partial charge in [0, 0.05) is 19.5 Å². The van der Waals surface area contributed by atoms with Crippen LogP contribution in [0.3, 0.4) is 0 Å². The molecule has 2 N–H and O–H groups in total. The quantitative estimate of drug-likeness (QED) is 0.703. The minimum Gasteiger partial charge on any atom is -0.481 e. The van der Waals surface area contributed by atoms with Gasteiger partial charge >= 0.3 is 5.97 Å². The zero-order valence-corrected chi connectivity index (χ0v) is 16.1. The highest BCUT2D eigenvalue weighted by molar-refractivity contribution is 7.90. The van der Waals surface area contributed by atoms with Gasteiger partial charge in [0.15, 0.2) is 0 Å². The van der Waals surface area contributed by atoms with E-state index in [0.717, 1.165) is 9.54 Å². The van der Waals surface area contributed by atoms with Crippen molar-refractivity contribution in [2.75, 3.05) is 13.7 Å². The van der Waals surface area contributed by atoms with E-state index in [4.69, 9.17) is 9.84 Å². The van der Waals surface area contributed by atoms with Crippen LogP contribution < -0.4 is 5.32 Å². The van der Waals surface area contributed by atoms with E-state index >= 15 is 0 Å². The van der Waals surface area contributed by atoms with Gasteiger partial charge in [0.05, 0.1) is 29.0 Å². The fourth-order valence-corrected chi connectivity index (χ4v) is 3.82. The summed E-state index contributed by atoms with van der Waals surface area (Å²) in [7, 11) is -2.42. The number of ether oxygens (including phenoxy) is 1. The number of amides is 1. The van der Waals surface area contributed by atoms with E-state index in [-0.39, 0.29) is 23.5 Å². The number of methoxy groups -OCH3 is 1. The van der Waals surface area contributed by atoms with Gasteiger partial charge in [-0.05, 0) is 32.0 Å². The first kappa shape index (κ1) is 20.7. The number of nitrogens with zero attached hydrogens (tertiary/aromatic N) is 1. The third-order valence-electron chi connectivity index (χ3n) is 3.95. The molecule has 1 amide bonds. The molecule has 1 aromatic heterocycles. The van der Waals surface area contributed by atoms with Crippen LogP contribution in [0.5, 0.6) is 0 Å². The van der Waals surface area contributed by atoms with Gasteiger partial charge in [0.1, 0.15) is 0 Å². The lowest BCUT2D eigenvalue weighted by molar-refractivity contribution is -0.139. The lowest BCUT2D eigenvalue weighted by Crippen LogP contribution is -2.50. The van der Waals surface area contributed by atoms with E-state index in [1.165, 1.54) is 37.7 Å². The number of hydrogen-bond acceptors (Lipinski definition) is 5. The monoisotopic (exact) mass is 394 g/mol. The molecule has 8 nitrogen and oxygen atoms in total. The summed E-state index contributed by atoms with van der Waals surface area (Å²) in [4.78, 5) is 23.6. The molecule has 0 fully saturated rings. The van der Waals surface area contributed by atoms with E-state index < -0.39 is 27.4 Å². The van der Waals surface area contributed by atoms with Crippen LogP contribution in [0.25, 0.3) is 0 Å². The molecule has 2 rings (SSSR count). The average molecular weight is 394 g/mol. The van der Waals surface area contributed by atoms with Crippen molar-refractivity contribution >= 4 is 21.9 Å². The van der Waals surface area contributed by atoms with Crippen LogP contribution >= 0.6 is 0 Å². The Morgan fingerprint density at radius 3 is 2.41 bits per heavy atom. The number of carbonyl (C=O) groups excluding carboxylic acids is 1. The number of aromatic nitrogens is 1. The van der Waals surface area contributed by atoms with Crippen molar-refractivity contribution in [3.8, 4) is 0 Å². The maximum Gasteiger partial charge on any atom is 0.305 e. The first-order valence-electron chi connectivity index (χ1n) is 8.11. The van der Waals surface area contributed by atoms with Gasteiger partial charge in [-0.3, -0.25) is 9.59 Å². The SMILES string of the molecule is COCC(C)(CC(=O)O)NC(=O)c1ccn(S(=O)(=O)c2ccc(C)cc2)c1. The van der Waals surface area contributed by atoms with Gasteiger partial charge < -0.3 is 15.2 Å². The number of aliphatic carboxylic acids is 1. The van der Waals surface area contributed by atoms with Crippen LogP contribution in [0.2, 0.25) is 0 Å². The van der Waals surface area contributed by atoms with Crippen LogP contribution in [0.4, 0.5) is 0 Å². The first-order chi connectivity index (χ1) is 12.6. The largest absolute Gasteiger partial charge is 0.481 e. The molecule has 2 aromatic rings. The third-order valence-corrected chi connectivity index (χ3v) is 5.60. The van der Waals surface area contributed by atoms with Crippen molar-refractivity contribution in [3.05, 3.63) is 53.9 Å². The second-order valence-electron chi connectivity index (χ2n) is 6.57. The molecule has 0 bridgehead atoms. The predicted octanol–water partition coefficient (Wildman–Crippen LogP) is 1.64. The maximum absolute atomic E-state index is 12.6. The normalized spacial score (nSPS) is 13.7. The van der Waals surface area contributed by atoms with Crippen molar-refractivity contribution in [1.82, 2.24) is 9.29 Å². The zero-order valence-electron chi connectivity index (χ0n) is 15.3. The van der Waals surface area contributed by atoms with Crippen molar-refractivity contribution in [2.45, 2.75) is 30.7 Å². The standard InChI is InChI=1S/C18H22N2O6S/c1-13-4-6-15(7-5-13)27(24,25)20-9-8-14(11-20)17(23)19-18(2,12-26-3)10-16(21)22/h4-9,11H,10,12H2,1-3H3,(H,19,23)(H,21,22). The molecule has 0 aliphatic heterocycles. The summed E-state index contributed by atoms with van der Waals surface area (Å²) in [6.45, 7) is 3.39. The van der Waals surface area contributed by atoms with E-state index in [2.05, 4.69) is 5.32 Å². The number of benzene rings is 1. The molecular formula is C18H22N2O6S. The molecule has 0 aliphatic carbocycles. The summed E-state index contributed by atoms with van der Waals surface area (Å²) in [6.07, 6.45) is 2.13. The van der Waals surface area contributed by atoms with Crippen LogP contribution in [0.1, 0.15) is 29.3 Å². The molecule has 9 heteroatoms. The molecule has 0 spiro atoms. The Hall–Kier alpha value is -2.65. The summed E-state index contributed by atoms with van der Waals surface area (Å²) < 4.78 is 31.2. The van der Waals surface area contributed by atoms with Gasteiger partial charge in [-0.2, -0.15) is 0 Å². The van der Waals surface area contributed by atoms with Crippen molar-refractivity contribution in [1.29, 1.82) is 0 Å². The fraction of sp³-hybridized carbons (Fsp3) is 0.333. The number of hydrogen-bond donors (Lipinski definition) is 2. The van der Waals surface area contributed by atoms with E-state index in [9.17, 15) is 18.0 Å². The Morgan fingerprint density at radius 2 is 1.85 bits per heavy atom. The smallest absolute Gasteiger partial charge is 0.305 e. The summed E-state index contributed by atoms with van der Waals surface area (Å²) >= 11 is 0. The van der Waals surface area contributed by atoms with Gasteiger partial charge in [-0.25, -0.2) is 12.4 Å². The Bertz CT molecular complexity index is 933. The Kier molecular flexibility index (Phi) is 6.07. The summed E-state index contributed by atoms with van der Waals surface area (Å²) in [5.74, 6) is -1.68. The number of rotatable bonds is 8. The topological polar surface area (TPSA) is 115 Å². The molecule has 0 saturated heterocycles. The van der Waals surface area contributed by atoms with E-state index in [1.807, 2.05) is 6.92 Å². The molecule has 0 radical (unpaired) electrons. The maximum atomic E-state index is 12.6. The first-order valence-corrected chi connectivity index (χ1v) is 9.55. The molecule has 1 aromatic carbocycles. The minimum atomic E-state index is -3.82. The molecular weight excluding hydrogens is 372 g/mol. The van der Waals surface area contributed by atoms with Gasteiger partial charge in [0.2, 0.25) is 0 Å². The number of carboxylic acids is 1. The second-order valence-corrected chi connectivity index (χ2v) is 8.41. The predicted molar refractivity (Wildman–Crippen MR) is 98.2 cm³/mol. The summed E-state index contributed by atoms with van der Waals surface area (Å²) in [5.41, 5.74) is -0.105. The van der Waals surface area contributed by atoms with Gasteiger partial charge in [0.25, 0.3) is 15.9 Å². The molecule has 146 valence electrons. The highest BCUT2D eigenvalue weighted by Gasteiger charge is 2.30. The molecule has 27 heavy (non-hydrogen) atoms. The number of nitrogens with one attached hydrogen (secondary N) is 1. The fourth-order valence-electron chi connectivity index (χ4n) is 2.62. The lowest BCUT2D eigenvalue weighted by atomic mass is 9.98. The second kappa shape index (κ2) is 7.93. The summed E-state index contributed by atoms with van der Waals surface area (Å²) in [6, 6.07) is 7.72. The van der Waals surface area contributed by atoms with Crippen molar-refractivity contribution in [2.24, 2.45) is 0 Å². The lowest BCUT2D eigenvalue weighted by Gasteiger charge is -2.28. The Balaban J connectivity index is 2.24. The van der Waals surface area contributed by atoms with Crippen LogP contribution in [0.15, 0.2) is 47.6 Å². The summed E-state index contributed by atoms with van der Waals surface area (Å²) in [5, 5.41) is 11.6. The van der Waals surface area contributed by atoms with Crippen LogP contribution in [-0.2, 0) is 19.6 Å². The molecule has 0 aliphatic rings. The van der Waals surface area contributed by atoms with Crippen LogP contribution in [0, 0.1) is 6.92 Å². The minimum absolute atomic E-state index is 0.00653. The zero-order chi connectivity index (χ0) is 20.2. The van der Waals surface area contributed by atoms with E-state index in [1.54, 1.807) is 19.1 Å². The van der Waals surface area contributed by atoms with Crippen LogP contribution in [-0.4, -0.2) is 48.6 Å². The third kappa shape index (κ3) is 4.95. The highest BCUT2D eigenvalue weighted by Crippen LogP contribution is 2.17. The number of aryl methyl sites for hydroxylation is 1. The number of carboxylic acid groups (broad SMARTS) is 1. The highest BCUT2D eigenvalue weighted by atomic mass is 32.2. The Morgan fingerprint density at radius 1 is 1.22 bits per heavy atom.